The van der Waals surface area contributed by atoms with Crippen LogP contribution in [0.4, 0.5) is 5.69 Å². The molecular formula is C22H25BClNO4. The van der Waals surface area contributed by atoms with Gasteiger partial charge < -0.3 is 18.9 Å². The molecule has 0 aromatic heterocycles. The SMILES string of the molecule is C[C@H]1CN(C(=O)c2cccc(B3OC(C)(C)C(C)(C)O3)c2)c2cccc(Cl)c2O1. The van der Waals surface area contributed by atoms with Gasteiger partial charge in [-0.2, -0.15) is 0 Å². The molecule has 5 nitrogen and oxygen atoms in total. The number of rotatable bonds is 2. The van der Waals surface area contributed by atoms with E-state index in [-0.39, 0.29) is 12.0 Å². The van der Waals surface area contributed by atoms with Crippen molar-refractivity contribution in [3.05, 3.63) is 53.1 Å². The maximum Gasteiger partial charge on any atom is 0.494 e. The van der Waals surface area contributed by atoms with E-state index in [1.165, 1.54) is 0 Å². The van der Waals surface area contributed by atoms with Crippen molar-refractivity contribution in [2.45, 2.75) is 51.9 Å². The molecule has 0 bridgehead atoms. The van der Waals surface area contributed by atoms with Gasteiger partial charge >= 0.3 is 7.12 Å². The van der Waals surface area contributed by atoms with Gasteiger partial charge in [0.15, 0.2) is 5.75 Å². The minimum atomic E-state index is -0.516. The van der Waals surface area contributed by atoms with Crippen molar-refractivity contribution in [1.29, 1.82) is 0 Å². The molecule has 152 valence electrons. The number of benzene rings is 2. The van der Waals surface area contributed by atoms with Gasteiger partial charge in [0.1, 0.15) is 6.10 Å². The summed E-state index contributed by atoms with van der Waals surface area (Å²) in [5, 5.41) is 0.498. The lowest BCUT2D eigenvalue weighted by atomic mass is 9.78. The van der Waals surface area contributed by atoms with Crippen molar-refractivity contribution in [3.8, 4) is 5.75 Å². The second-order valence-electron chi connectivity index (χ2n) is 8.65. The third-order valence-corrected chi connectivity index (χ3v) is 6.20. The molecule has 2 aliphatic rings. The summed E-state index contributed by atoms with van der Waals surface area (Å²) in [4.78, 5) is 15.1. The van der Waals surface area contributed by atoms with Crippen LogP contribution in [0.3, 0.4) is 0 Å². The Morgan fingerprint density at radius 2 is 1.76 bits per heavy atom. The van der Waals surface area contributed by atoms with Crippen LogP contribution < -0.4 is 15.1 Å². The molecule has 4 rings (SSSR count). The maximum absolute atomic E-state index is 13.4. The quantitative estimate of drug-likeness (QED) is 0.697. The monoisotopic (exact) mass is 413 g/mol. The molecule has 0 unspecified atom stereocenters. The molecule has 2 aromatic rings. The summed E-state index contributed by atoms with van der Waals surface area (Å²) in [5.41, 5.74) is 1.20. The lowest BCUT2D eigenvalue weighted by Gasteiger charge is -2.34. The van der Waals surface area contributed by atoms with Gasteiger partial charge in [-0.25, -0.2) is 0 Å². The molecule has 29 heavy (non-hydrogen) atoms. The normalized spacial score (nSPS) is 22.2. The van der Waals surface area contributed by atoms with E-state index in [4.69, 9.17) is 25.6 Å². The van der Waals surface area contributed by atoms with Gasteiger partial charge in [-0.15, -0.1) is 0 Å². The van der Waals surface area contributed by atoms with Crippen molar-refractivity contribution < 1.29 is 18.8 Å². The summed E-state index contributed by atoms with van der Waals surface area (Å²) < 4.78 is 18.1. The van der Waals surface area contributed by atoms with E-state index >= 15 is 0 Å². The summed E-state index contributed by atoms with van der Waals surface area (Å²) >= 11 is 6.29. The van der Waals surface area contributed by atoms with Crippen LogP contribution in [0.25, 0.3) is 0 Å². The first kappa shape index (κ1) is 20.3. The predicted octanol–water partition coefficient (Wildman–Crippen LogP) is 4.07. The Bertz CT molecular complexity index is 946. The van der Waals surface area contributed by atoms with Crippen LogP contribution in [0.1, 0.15) is 45.0 Å². The third-order valence-electron chi connectivity index (χ3n) is 5.90. The average Bonchev–Trinajstić information content (AvgIpc) is 2.89. The molecule has 0 aliphatic carbocycles. The zero-order valence-electron chi connectivity index (χ0n) is 17.4. The highest BCUT2D eigenvalue weighted by molar-refractivity contribution is 6.62. The summed E-state index contributed by atoms with van der Waals surface area (Å²) in [5.74, 6) is 0.436. The molecule has 2 aromatic carbocycles. The second kappa shape index (κ2) is 7.04. The van der Waals surface area contributed by atoms with E-state index in [2.05, 4.69) is 0 Å². The minimum Gasteiger partial charge on any atom is -0.485 e. The van der Waals surface area contributed by atoms with E-state index in [1.807, 2.05) is 65.0 Å². The van der Waals surface area contributed by atoms with Gasteiger partial charge in [0, 0.05) is 5.56 Å². The highest BCUT2D eigenvalue weighted by atomic mass is 35.5. The Morgan fingerprint density at radius 3 is 2.45 bits per heavy atom. The first-order valence-electron chi connectivity index (χ1n) is 9.82. The third kappa shape index (κ3) is 3.54. The number of hydrogen-bond donors (Lipinski definition) is 0. The van der Waals surface area contributed by atoms with Gasteiger partial charge in [0.2, 0.25) is 0 Å². The first-order valence-corrected chi connectivity index (χ1v) is 10.2. The first-order chi connectivity index (χ1) is 13.6. The van der Waals surface area contributed by atoms with Gasteiger partial charge in [-0.3, -0.25) is 4.79 Å². The lowest BCUT2D eigenvalue weighted by molar-refractivity contribution is 0.00578. The van der Waals surface area contributed by atoms with E-state index in [0.717, 1.165) is 5.46 Å². The molecule has 1 amide bonds. The van der Waals surface area contributed by atoms with E-state index in [1.54, 1.807) is 17.0 Å². The number of carbonyl (C=O) groups excluding carboxylic acids is 1. The Labute approximate surface area is 177 Å². The van der Waals surface area contributed by atoms with Crippen LogP contribution in [0.15, 0.2) is 42.5 Å². The highest BCUT2D eigenvalue weighted by Crippen LogP contribution is 2.40. The molecule has 7 heteroatoms. The number of fused-ring (bicyclic) bond motifs is 1. The lowest BCUT2D eigenvalue weighted by Crippen LogP contribution is -2.43. The largest absolute Gasteiger partial charge is 0.494 e. The number of anilines is 1. The molecular weight excluding hydrogens is 389 g/mol. The van der Waals surface area contributed by atoms with Gasteiger partial charge in [-0.1, -0.05) is 29.8 Å². The van der Waals surface area contributed by atoms with Crippen molar-refractivity contribution >= 4 is 35.8 Å². The summed E-state index contributed by atoms with van der Waals surface area (Å²) in [6.07, 6.45) is -0.155. The number of para-hydroxylation sites is 1. The van der Waals surface area contributed by atoms with E-state index in [9.17, 15) is 4.79 Å². The summed E-state index contributed by atoms with van der Waals surface area (Å²) in [6, 6.07) is 12.9. The fraction of sp³-hybridized carbons (Fsp3) is 0.409. The van der Waals surface area contributed by atoms with E-state index in [0.29, 0.717) is 28.6 Å². The number of carbonyl (C=O) groups is 1. The predicted molar refractivity (Wildman–Crippen MR) is 115 cm³/mol. The molecule has 0 spiro atoms. The Hall–Kier alpha value is -2.02. The zero-order valence-corrected chi connectivity index (χ0v) is 18.1. The van der Waals surface area contributed by atoms with Crippen molar-refractivity contribution in [2.75, 3.05) is 11.4 Å². The van der Waals surface area contributed by atoms with Crippen molar-refractivity contribution in [2.24, 2.45) is 0 Å². The average molecular weight is 414 g/mol. The molecule has 2 aliphatic heterocycles. The summed E-state index contributed by atoms with van der Waals surface area (Å²) in [7, 11) is -0.516. The van der Waals surface area contributed by atoms with Gasteiger partial charge in [0.05, 0.1) is 28.5 Å². The Kier molecular flexibility index (Phi) is 4.92. The molecule has 1 saturated heterocycles. The van der Waals surface area contributed by atoms with E-state index < -0.39 is 18.3 Å². The van der Waals surface area contributed by atoms with Crippen LogP contribution in [0, 0.1) is 0 Å². The van der Waals surface area contributed by atoms with Gasteiger partial charge in [-0.05, 0) is 64.3 Å². The maximum atomic E-state index is 13.4. The van der Waals surface area contributed by atoms with Crippen LogP contribution in [-0.4, -0.2) is 36.9 Å². The fourth-order valence-electron chi connectivity index (χ4n) is 3.57. The van der Waals surface area contributed by atoms with Gasteiger partial charge in [0.25, 0.3) is 5.91 Å². The molecule has 1 atom stereocenters. The molecule has 1 fully saturated rings. The zero-order chi connectivity index (χ0) is 21.0. The number of ether oxygens (including phenoxy) is 1. The minimum absolute atomic E-state index is 0.109. The number of hydrogen-bond acceptors (Lipinski definition) is 4. The molecule has 0 radical (unpaired) electrons. The molecule has 0 saturated carbocycles. The fourth-order valence-corrected chi connectivity index (χ4v) is 3.78. The smallest absolute Gasteiger partial charge is 0.485 e. The second-order valence-corrected chi connectivity index (χ2v) is 9.05. The molecule has 2 heterocycles. The Balaban J connectivity index is 1.65. The van der Waals surface area contributed by atoms with Crippen molar-refractivity contribution in [3.63, 3.8) is 0 Å². The molecule has 0 N–H and O–H groups in total. The van der Waals surface area contributed by atoms with Crippen LogP contribution in [-0.2, 0) is 9.31 Å². The number of amides is 1. The van der Waals surface area contributed by atoms with Crippen LogP contribution in [0.2, 0.25) is 5.02 Å². The Morgan fingerprint density at radius 1 is 1.10 bits per heavy atom. The van der Waals surface area contributed by atoms with Crippen molar-refractivity contribution in [1.82, 2.24) is 0 Å². The standard InChI is InChI=1S/C22H25BClNO4/c1-14-13-25(18-11-7-10-17(24)19(18)27-14)20(26)15-8-6-9-16(12-15)23-28-21(2,3)22(4,5)29-23/h6-12,14H,13H2,1-5H3/t14-/m0/s1. The highest BCUT2D eigenvalue weighted by Gasteiger charge is 2.51. The van der Waals surface area contributed by atoms with Crippen LogP contribution in [0.5, 0.6) is 5.75 Å². The summed E-state index contributed by atoms with van der Waals surface area (Å²) in [6.45, 7) is 10.4. The van der Waals surface area contributed by atoms with Crippen LogP contribution >= 0.6 is 11.6 Å². The topological polar surface area (TPSA) is 48.0 Å². The number of nitrogens with zero attached hydrogens (tertiary/aromatic N) is 1. The number of halogens is 1.